The third kappa shape index (κ3) is 4.14. The number of hydrogen-bond acceptors (Lipinski definition) is 5. The minimum absolute atomic E-state index is 0.226. The Balaban J connectivity index is 1.63. The molecule has 0 spiro atoms. The summed E-state index contributed by atoms with van der Waals surface area (Å²) in [6, 6.07) is 13.8. The van der Waals surface area contributed by atoms with Crippen LogP contribution in [-0.2, 0) is 14.3 Å². The van der Waals surface area contributed by atoms with Crippen LogP contribution in [0.3, 0.4) is 0 Å². The van der Waals surface area contributed by atoms with Crippen LogP contribution < -0.4 is 5.32 Å². The van der Waals surface area contributed by atoms with Crippen molar-refractivity contribution in [3.63, 3.8) is 0 Å². The lowest BCUT2D eigenvalue weighted by atomic mass is 10.2. The van der Waals surface area contributed by atoms with E-state index in [4.69, 9.17) is 9.47 Å². The lowest BCUT2D eigenvalue weighted by Gasteiger charge is -2.10. The summed E-state index contributed by atoms with van der Waals surface area (Å²) in [5.74, 6) is -1.70. The van der Waals surface area contributed by atoms with Crippen molar-refractivity contribution in [3.8, 4) is 0 Å². The maximum absolute atomic E-state index is 12.2. The first-order chi connectivity index (χ1) is 13.1. The summed E-state index contributed by atoms with van der Waals surface area (Å²) in [5.41, 5.74) is 1.68. The molecule has 0 fully saturated rings. The van der Waals surface area contributed by atoms with Crippen LogP contribution in [0.4, 0.5) is 5.69 Å². The Bertz CT molecular complexity index is 993. The van der Waals surface area contributed by atoms with E-state index in [2.05, 4.69) is 10.3 Å². The van der Waals surface area contributed by atoms with E-state index in [0.717, 1.165) is 10.9 Å². The minimum atomic E-state index is -0.610. The molecule has 1 heterocycles. The van der Waals surface area contributed by atoms with Crippen LogP contribution in [0.25, 0.3) is 10.9 Å². The van der Waals surface area contributed by atoms with Gasteiger partial charge in [-0.1, -0.05) is 30.3 Å². The maximum atomic E-state index is 12.2. The number of rotatable bonds is 6. The monoisotopic (exact) mass is 366 g/mol. The number of nitrogens with one attached hydrogen (secondary N) is 2. The average molecular weight is 366 g/mol. The van der Waals surface area contributed by atoms with E-state index in [1.54, 1.807) is 43.5 Å². The summed E-state index contributed by atoms with van der Waals surface area (Å²) in [6.07, 6.45) is 1.54. The number of aromatic nitrogens is 1. The molecule has 1 amide bonds. The number of benzene rings is 2. The van der Waals surface area contributed by atoms with Gasteiger partial charge in [-0.15, -0.1) is 0 Å². The minimum Gasteiger partial charge on any atom is -0.462 e. The number of para-hydroxylation sites is 2. The van der Waals surface area contributed by atoms with Crippen molar-refractivity contribution in [2.24, 2.45) is 0 Å². The van der Waals surface area contributed by atoms with Gasteiger partial charge in [0.25, 0.3) is 5.91 Å². The normalized spacial score (nSPS) is 10.4. The van der Waals surface area contributed by atoms with Gasteiger partial charge in [0.05, 0.1) is 23.4 Å². The van der Waals surface area contributed by atoms with Crippen molar-refractivity contribution < 1.29 is 23.9 Å². The molecule has 0 bridgehead atoms. The maximum Gasteiger partial charge on any atom is 0.340 e. The van der Waals surface area contributed by atoms with Gasteiger partial charge in [0.1, 0.15) is 0 Å². The van der Waals surface area contributed by atoms with Gasteiger partial charge in [-0.05, 0) is 25.1 Å². The highest BCUT2D eigenvalue weighted by atomic mass is 16.5. The third-order valence-corrected chi connectivity index (χ3v) is 3.84. The molecule has 3 rings (SSSR count). The van der Waals surface area contributed by atoms with Gasteiger partial charge < -0.3 is 19.8 Å². The lowest BCUT2D eigenvalue weighted by Crippen LogP contribution is -2.22. The van der Waals surface area contributed by atoms with Crippen molar-refractivity contribution in [1.29, 1.82) is 0 Å². The molecule has 0 unspecified atom stereocenters. The number of fused-ring (bicyclic) bond motifs is 1. The number of amides is 1. The number of esters is 2. The highest BCUT2D eigenvalue weighted by molar-refractivity contribution is 6.05. The van der Waals surface area contributed by atoms with Crippen LogP contribution in [0.2, 0.25) is 0 Å². The fourth-order valence-corrected chi connectivity index (χ4v) is 2.61. The van der Waals surface area contributed by atoms with Crippen LogP contribution in [0.5, 0.6) is 0 Å². The molecule has 0 aliphatic carbocycles. The van der Waals surface area contributed by atoms with Crippen LogP contribution in [0, 0.1) is 0 Å². The third-order valence-electron chi connectivity index (χ3n) is 3.84. The van der Waals surface area contributed by atoms with E-state index in [0.29, 0.717) is 11.3 Å². The first-order valence-electron chi connectivity index (χ1n) is 8.39. The van der Waals surface area contributed by atoms with E-state index in [-0.39, 0.29) is 12.2 Å². The first kappa shape index (κ1) is 18.2. The second kappa shape index (κ2) is 8.18. The van der Waals surface area contributed by atoms with E-state index < -0.39 is 24.5 Å². The molecule has 27 heavy (non-hydrogen) atoms. The van der Waals surface area contributed by atoms with Gasteiger partial charge in [0.15, 0.2) is 6.61 Å². The molecule has 2 aromatic carbocycles. The molecule has 3 aromatic rings. The molecule has 2 N–H and O–H groups in total. The summed E-state index contributed by atoms with van der Waals surface area (Å²) in [6.45, 7) is 1.45. The average Bonchev–Trinajstić information content (AvgIpc) is 3.11. The predicted octanol–water partition coefficient (Wildman–Crippen LogP) is 3.14. The Morgan fingerprint density at radius 3 is 2.44 bits per heavy atom. The Kier molecular flexibility index (Phi) is 5.51. The highest BCUT2D eigenvalue weighted by Gasteiger charge is 2.17. The molecule has 0 saturated heterocycles. The first-order valence-corrected chi connectivity index (χ1v) is 8.39. The molecule has 0 atom stereocenters. The summed E-state index contributed by atoms with van der Waals surface area (Å²) in [5, 5.41) is 3.28. The van der Waals surface area contributed by atoms with Gasteiger partial charge >= 0.3 is 11.9 Å². The van der Waals surface area contributed by atoms with Crippen molar-refractivity contribution in [2.45, 2.75) is 6.92 Å². The van der Waals surface area contributed by atoms with E-state index >= 15 is 0 Å². The summed E-state index contributed by atoms with van der Waals surface area (Å²) in [7, 11) is 0. The van der Waals surface area contributed by atoms with Crippen molar-refractivity contribution in [1.82, 2.24) is 4.98 Å². The molecule has 7 heteroatoms. The number of aromatic amines is 1. The zero-order valence-corrected chi connectivity index (χ0v) is 14.7. The number of H-pyrrole nitrogens is 1. The summed E-state index contributed by atoms with van der Waals surface area (Å²) < 4.78 is 10.0. The van der Waals surface area contributed by atoms with Gasteiger partial charge in [-0.3, -0.25) is 4.79 Å². The molecular weight excluding hydrogens is 348 g/mol. The molecule has 0 aliphatic rings. The van der Waals surface area contributed by atoms with Crippen molar-refractivity contribution >= 4 is 34.4 Å². The van der Waals surface area contributed by atoms with Crippen LogP contribution in [0.1, 0.15) is 27.6 Å². The number of anilines is 1. The van der Waals surface area contributed by atoms with Crippen LogP contribution in [0.15, 0.2) is 54.7 Å². The molecule has 1 aromatic heterocycles. The number of ether oxygens (including phenoxy) is 2. The fraction of sp³-hybridized carbons (Fsp3) is 0.150. The smallest absolute Gasteiger partial charge is 0.340 e. The predicted molar refractivity (Wildman–Crippen MR) is 99.6 cm³/mol. The largest absolute Gasteiger partial charge is 0.462 e. The van der Waals surface area contributed by atoms with Crippen molar-refractivity contribution in [2.75, 3.05) is 18.5 Å². The SMILES string of the molecule is CCOC(=O)c1ccccc1NC(=O)COC(=O)c1c[nH]c2ccccc12. The van der Waals surface area contributed by atoms with E-state index in [1.807, 2.05) is 18.2 Å². The Hall–Kier alpha value is -3.61. The topological polar surface area (TPSA) is 97.5 Å². The van der Waals surface area contributed by atoms with Crippen molar-refractivity contribution in [3.05, 3.63) is 65.9 Å². The second-order valence-corrected chi connectivity index (χ2v) is 5.64. The Labute approximate surface area is 155 Å². The zero-order chi connectivity index (χ0) is 19.2. The fourth-order valence-electron chi connectivity index (χ4n) is 2.61. The Morgan fingerprint density at radius 1 is 0.926 bits per heavy atom. The van der Waals surface area contributed by atoms with Crippen LogP contribution in [-0.4, -0.2) is 36.0 Å². The molecular formula is C20H18N2O5. The number of carbonyl (C=O) groups is 3. The molecule has 0 saturated carbocycles. The summed E-state index contributed by atoms with van der Waals surface area (Å²) >= 11 is 0. The van der Waals surface area contributed by atoms with Crippen LogP contribution >= 0.6 is 0 Å². The second-order valence-electron chi connectivity index (χ2n) is 5.64. The van der Waals surface area contributed by atoms with Gasteiger partial charge in [0, 0.05) is 17.1 Å². The molecule has 0 radical (unpaired) electrons. The zero-order valence-electron chi connectivity index (χ0n) is 14.7. The van der Waals surface area contributed by atoms with Gasteiger partial charge in [0.2, 0.25) is 0 Å². The molecule has 7 nitrogen and oxygen atoms in total. The standard InChI is InChI=1S/C20H18N2O5/c1-2-26-19(24)14-8-4-6-10-17(14)22-18(23)12-27-20(25)15-11-21-16-9-5-3-7-13(15)16/h3-11,21H,2,12H2,1H3,(H,22,23). The van der Waals surface area contributed by atoms with Gasteiger partial charge in [-0.2, -0.15) is 0 Å². The van der Waals surface area contributed by atoms with Gasteiger partial charge in [-0.25, -0.2) is 9.59 Å². The molecule has 0 aliphatic heterocycles. The highest BCUT2D eigenvalue weighted by Crippen LogP contribution is 2.19. The number of hydrogen-bond donors (Lipinski definition) is 2. The molecule has 138 valence electrons. The van der Waals surface area contributed by atoms with E-state index in [9.17, 15) is 14.4 Å². The number of carbonyl (C=O) groups excluding carboxylic acids is 3. The quantitative estimate of drug-likeness (QED) is 0.653. The Morgan fingerprint density at radius 2 is 1.63 bits per heavy atom. The lowest BCUT2D eigenvalue weighted by molar-refractivity contribution is -0.119. The summed E-state index contributed by atoms with van der Waals surface area (Å²) in [4.78, 5) is 39.3. The van der Waals surface area contributed by atoms with E-state index in [1.165, 1.54) is 0 Å².